The molecule has 1 amide bonds. The number of nitrogens with two attached hydrogens (primary N) is 1. The Morgan fingerprint density at radius 1 is 1.45 bits per heavy atom. The van der Waals surface area contributed by atoms with E-state index in [1.54, 1.807) is 24.2 Å². The van der Waals surface area contributed by atoms with Gasteiger partial charge in [-0.25, -0.2) is 12.7 Å². The first-order valence-corrected chi connectivity index (χ1v) is 8.16. The summed E-state index contributed by atoms with van der Waals surface area (Å²) in [6, 6.07) is 1.65. The van der Waals surface area contributed by atoms with Crippen molar-refractivity contribution >= 4 is 15.9 Å². The molecule has 0 aliphatic carbocycles. The number of primary amides is 1. The van der Waals surface area contributed by atoms with Gasteiger partial charge in [-0.2, -0.15) is 5.10 Å². The van der Waals surface area contributed by atoms with Gasteiger partial charge < -0.3 is 5.73 Å². The van der Waals surface area contributed by atoms with Gasteiger partial charge in [0, 0.05) is 24.7 Å². The summed E-state index contributed by atoms with van der Waals surface area (Å²) in [7, 11) is -3.18. The lowest BCUT2D eigenvalue weighted by Crippen LogP contribution is -2.41. The minimum atomic E-state index is -3.18. The summed E-state index contributed by atoms with van der Waals surface area (Å²) in [6.45, 7) is 4.37. The molecule has 1 aliphatic rings. The van der Waals surface area contributed by atoms with Crippen LogP contribution in [0.4, 0.5) is 0 Å². The zero-order chi connectivity index (χ0) is 14.9. The second-order valence-corrected chi connectivity index (χ2v) is 7.83. The van der Waals surface area contributed by atoms with Crippen molar-refractivity contribution in [1.29, 1.82) is 0 Å². The van der Waals surface area contributed by atoms with Crippen LogP contribution in [0.1, 0.15) is 48.8 Å². The van der Waals surface area contributed by atoms with Crippen LogP contribution in [0.25, 0.3) is 0 Å². The number of carbonyl (C=O) groups excluding carboxylic acids is 1. The minimum Gasteiger partial charge on any atom is -0.364 e. The Morgan fingerprint density at radius 2 is 2.05 bits per heavy atom. The summed E-state index contributed by atoms with van der Waals surface area (Å²) >= 11 is 0. The van der Waals surface area contributed by atoms with Crippen LogP contribution in [-0.2, 0) is 10.0 Å². The molecule has 0 unspecified atom stereocenters. The third kappa shape index (κ3) is 2.85. The normalized spacial score (nSPS) is 18.6. The molecule has 1 aromatic heterocycles. The number of H-pyrrole nitrogens is 1. The van der Waals surface area contributed by atoms with Gasteiger partial charge in [0.2, 0.25) is 10.0 Å². The van der Waals surface area contributed by atoms with Gasteiger partial charge in [-0.15, -0.1) is 0 Å². The van der Waals surface area contributed by atoms with E-state index in [1.165, 1.54) is 0 Å². The number of nitrogens with one attached hydrogen (secondary N) is 1. The third-order valence-electron chi connectivity index (χ3n) is 3.70. The predicted octanol–water partition coefficient (Wildman–Crippen LogP) is 0.426. The maximum atomic E-state index is 12.1. The van der Waals surface area contributed by atoms with Crippen molar-refractivity contribution in [2.45, 2.75) is 37.9 Å². The third-order valence-corrected chi connectivity index (χ3v) is 5.98. The number of sulfonamides is 1. The van der Waals surface area contributed by atoms with E-state index in [0.717, 1.165) is 5.69 Å². The minimum absolute atomic E-state index is 0.189. The molecule has 2 heterocycles. The second-order valence-electron chi connectivity index (χ2n) is 5.34. The van der Waals surface area contributed by atoms with E-state index in [1.807, 2.05) is 0 Å². The van der Waals surface area contributed by atoms with Crippen LogP contribution in [0.2, 0.25) is 0 Å². The molecule has 112 valence electrons. The van der Waals surface area contributed by atoms with Crippen molar-refractivity contribution in [3.63, 3.8) is 0 Å². The molecule has 0 aromatic carbocycles. The highest BCUT2D eigenvalue weighted by atomic mass is 32.2. The van der Waals surface area contributed by atoms with Gasteiger partial charge in [-0.3, -0.25) is 9.89 Å². The lowest BCUT2D eigenvalue weighted by Gasteiger charge is -2.31. The molecule has 3 N–H and O–H groups in total. The smallest absolute Gasteiger partial charge is 0.269 e. The molecule has 0 atom stereocenters. The van der Waals surface area contributed by atoms with E-state index in [4.69, 9.17) is 5.73 Å². The van der Waals surface area contributed by atoms with Crippen molar-refractivity contribution in [2.24, 2.45) is 5.73 Å². The van der Waals surface area contributed by atoms with E-state index >= 15 is 0 Å². The maximum Gasteiger partial charge on any atom is 0.269 e. The summed E-state index contributed by atoms with van der Waals surface area (Å²) in [5.74, 6) is -0.374. The van der Waals surface area contributed by atoms with Crippen LogP contribution in [0.3, 0.4) is 0 Å². The first-order chi connectivity index (χ1) is 9.32. The van der Waals surface area contributed by atoms with Gasteiger partial charge in [-0.1, -0.05) is 0 Å². The van der Waals surface area contributed by atoms with Crippen LogP contribution < -0.4 is 5.73 Å². The Balaban J connectivity index is 2.02. The van der Waals surface area contributed by atoms with Crippen LogP contribution in [0, 0.1) is 0 Å². The van der Waals surface area contributed by atoms with Crippen molar-refractivity contribution in [1.82, 2.24) is 14.5 Å². The molecule has 20 heavy (non-hydrogen) atoms. The Bertz CT molecular complexity index is 586. The Hall–Kier alpha value is -1.41. The zero-order valence-corrected chi connectivity index (χ0v) is 12.5. The summed E-state index contributed by atoms with van der Waals surface area (Å²) in [5.41, 5.74) is 6.23. The van der Waals surface area contributed by atoms with Crippen LogP contribution in [0.15, 0.2) is 6.07 Å². The molecule has 1 aliphatic heterocycles. The molecule has 0 spiro atoms. The fourth-order valence-electron chi connectivity index (χ4n) is 2.39. The van der Waals surface area contributed by atoms with E-state index in [9.17, 15) is 13.2 Å². The van der Waals surface area contributed by atoms with E-state index in [0.29, 0.717) is 25.9 Å². The number of hydrogen-bond donors (Lipinski definition) is 2. The van der Waals surface area contributed by atoms with Gasteiger partial charge >= 0.3 is 0 Å². The highest BCUT2D eigenvalue weighted by molar-refractivity contribution is 7.89. The number of amides is 1. The maximum absolute atomic E-state index is 12.1. The Labute approximate surface area is 118 Å². The number of aromatic amines is 1. The van der Waals surface area contributed by atoms with Crippen molar-refractivity contribution in [3.05, 3.63) is 17.5 Å². The van der Waals surface area contributed by atoms with Crippen LogP contribution in [0.5, 0.6) is 0 Å². The van der Waals surface area contributed by atoms with Gasteiger partial charge in [0.15, 0.2) is 0 Å². The molecule has 1 saturated heterocycles. The van der Waals surface area contributed by atoms with Crippen molar-refractivity contribution in [3.8, 4) is 0 Å². The summed E-state index contributed by atoms with van der Waals surface area (Å²) in [4.78, 5) is 11.0. The topological polar surface area (TPSA) is 109 Å². The highest BCUT2D eigenvalue weighted by Gasteiger charge is 2.31. The predicted molar refractivity (Wildman–Crippen MR) is 74.7 cm³/mol. The standard InChI is InChI=1S/C12H20N4O3S/c1-8(2)20(18,19)16-5-3-9(4-6-16)10-7-11(12(13)17)15-14-10/h7-9H,3-6H2,1-2H3,(H2,13,17)(H,14,15). The lowest BCUT2D eigenvalue weighted by atomic mass is 9.94. The molecule has 1 fully saturated rings. The average Bonchev–Trinajstić information content (AvgIpc) is 2.88. The number of nitrogens with zero attached hydrogens (tertiary/aromatic N) is 2. The van der Waals surface area contributed by atoms with E-state index in [-0.39, 0.29) is 11.6 Å². The summed E-state index contributed by atoms with van der Waals surface area (Å²) in [6.07, 6.45) is 1.43. The SMILES string of the molecule is CC(C)S(=O)(=O)N1CCC(c2cc(C(N)=O)n[nH]2)CC1. The molecular formula is C12H20N4O3S. The number of carbonyl (C=O) groups is 1. The Morgan fingerprint density at radius 3 is 2.50 bits per heavy atom. The van der Waals surface area contributed by atoms with Crippen molar-refractivity contribution in [2.75, 3.05) is 13.1 Å². The molecule has 1 aromatic rings. The molecule has 2 rings (SSSR count). The number of aromatic nitrogens is 2. The first kappa shape index (κ1) is 15.0. The van der Waals surface area contributed by atoms with Crippen molar-refractivity contribution < 1.29 is 13.2 Å². The van der Waals surface area contributed by atoms with Gasteiger partial charge in [-0.05, 0) is 32.8 Å². The fraction of sp³-hybridized carbons (Fsp3) is 0.667. The lowest BCUT2D eigenvalue weighted by molar-refractivity contribution is 0.0995. The molecular weight excluding hydrogens is 280 g/mol. The number of piperidine rings is 1. The van der Waals surface area contributed by atoms with E-state index < -0.39 is 21.2 Å². The quantitative estimate of drug-likeness (QED) is 0.840. The molecule has 0 radical (unpaired) electrons. The molecule has 0 bridgehead atoms. The fourth-order valence-corrected chi connectivity index (χ4v) is 3.71. The van der Waals surface area contributed by atoms with E-state index in [2.05, 4.69) is 10.2 Å². The molecule has 8 heteroatoms. The van der Waals surface area contributed by atoms with Crippen LogP contribution in [-0.4, -0.2) is 47.2 Å². The number of hydrogen-bond acceptors (Lipinski definition) is 4. The zero-order valence-electron chi connectivity index (χ0n) is 11.7. The molecule has 0 saturated carbocycles. The van der Waals surface area contributed by atoms with Crippen LogP contribution >= 0.6 is 0 Å². The summed E-state index contributed by atoms with van der Waals surface area (Å²) in [5, 5.41) is 6.27. The van der Waals surface area contributed by atoms with Gasteiger partial charge in [0.1, 0.15) is 5.69 Å². The average molecular weight is 300 g/mol. The Kier molecular flexibility index (Phi) is 4.14. The van der Waals surface area contributed by atoms with Gasteiger partial charge in [0.25, 0.3) is 5.91 Å². The number of rotatable bonds is 4. The largest absolute Gasteiger partial charge is 0.364 e. The highest BCUT2D eigenvalue weighted by Crippen LogP contribution is 2.28. The molecule has 7 nitrogen and oxygen atoms in total. The monoisotopic (exact) mass is 300 g/mol. The first-order valence-electron chi connectivity index (χ1n) is 6.66. The second kappa shape index (κ2) is 5.53. The van der Waals surface area contributed by atoms with Gasteiger partial charge in [0.05, 0.1) is 5.25 Å². The summed E-state index contributed by atoms with van der Waals surface area (Å²) < 4.78 is 25.7.